The molecule has 1 heterocycles. The van der Waals surface area contributed by atoms with Crippen molar-refractivity contribution < 1.29 is 9.66 Å². The third-order valence-corrected chi connectivity index (χ3v) is 3.96. The summed E-state index contributed by atoms with van der Waals surface area (Å²) in [6.07, 6.45) is 2.27. The number of nitro benzene ring substituents is 1. The first-order valence-corrected chi connectivity index (χ1v) is 7.90. The van der Waals surface area contributed by atoms with Gasteiger partial charge < -0.3 is 10.1 Å². The summed E-state index contributed by atoms with van der Waals surface area (Å²) in [6, 6.07) is 4.52. The van der Waals surface area contributed by atoms with Crippen molar-refractivity contribution in [2.24, 2.45) is 5.10 Å². The van der Waals surface area contributed by atoms with Crippen LogP contribution in [0.15, 0.2) is 23.3 Å². The van der Waals surface area contributed by atoms with Gasteiger partial charge >= 0.3 is 0 Å². The molecule has 1 aliphatic heterocycles. The normalized spacial score (nSPS) is 17.8. The minimum atomic E-state index is -0.527. The zero-order valence-corrected chi connectivity index (χ0v) is 14.1. The highest BCUT2D eigenvalue weighted by atomic mass is 35.5. The van der Waals surface area contributed by atoms with Crippen LogP contribution >= 0.6 is 23.8 Å². The summed E-state index contributed by atoms with van der Waals surface area (Å²) in [5.74, 6) is 0. The van der Waals surface area contributed by atoms with Gasteiger partial charge in [-0.2, -0.15) is 5.10 Å². The molecule has 1 aromatic rings. The van der Waals surface area contributed by atoms with E-state index in [-0.39, 0.29) is 16.8 Å². The molecule has 2 rings (SSSR count). The van der Waals surface area contributed by atoms with Crippen LogP contribution in [0.5, 0.6) is 0 Å². The number of hydrazone groups is 1. The number of hydrogen-bond donors (Lipinski definition) is 2. The SMILES string of the molecule is C/C(=N\NC(=S)NCC1CCCO1)c1ccc(Cl)c([N+](=O)[O-])c1. The van der Waals surface area contributed by atoms with E-state index in [4.69, 9.17) is 28.6 Å². The number of thiocarbonyl (C=S) groups is 1. The number of halogens is 1. The number of nitro groups is 1. The van der Waals surface area contributed by atoms with Crippen molar-refractivity contribution in [2.75, 3.05) is 13.2 Å². The molecule has 1 aromatic carbocycles. The first-order chi connectivity index (χ1) is 11.0. The number of benzene rings is 1. The van der Waals surface area contributed by atoms with Gasteiger partial charge in [0.05, 0.1) is 16.7 Å². The van der Waals surface area contributed by atoms with Crippen molar-refractivity contribution in [3.8, 4) is 0 Å². The maximum Gasteiger partial charge on any atom is 0.288 e. The van der Waals surface area contributed by atoms with Crippen molar-refractivity contribution in [1.82, 2.24) is 10.7 Å². The summed E-state index contributed by atoms with van der Waals surface area (Å²) in [7, 11) is 0. The van der Waals surface area contributed by atoms with E-state index in [1.54, 1.807) is 13.0 Å². The van der Waals surface area contributed by atoms with E-state index in [1.165, 1.54) is 12.1 Å². The highest BCUT2D eigenvalue weighted by Crippen LogP contribution is 2.25. The fourth-order valence-electron chi connectivity index (χ4n) is 2.13. The molecule has 2 N–H and O–H groups in total. The highest BCUT2D eigenvalue weighted by molar-refractivity contribution is 7.80. The molecule has 1 saturated heterocycles. The number of ether oxygens (including phenoxy) is 1. The highest BCUT2D eigenvalue weighted by Gasteiger charge is 2.15. The second kappa shape index (κ2) is 8.19. The Morgan fingerprint density at radius 1 is 1.61 bits per heavy atom. The van der Waals surface area contributed by atoms with Crippen LogP contribution in [-0.4, -0.2) is 35.0 Å². The van der Waals surface area contributed by atoms with Gasteiger partial charge in [-0.25, -0.2) is 0 Å². The topological polar surface area (TPSA) is 88.8 Å². The maximum absolute atomic E-state index is 10.9. The van der Waals surface area contributed by atoms with E-state index in [2.05, 4.69) is 15.8 Å². The zero-order chi connectivity index (χ0) is 16.8. The first-order valence-electron chi connectivity index (χ1n) is 7.11. The second-order valence-corrected chi connectivity index (χ2v) is 5.89. The number of hydrogen-bond acceptors (Lipinski definition) is 5. The van der Waals surface area contributed by atoms with Crippen molar-refractivity contribution in [2.45, 2.75) is 25.9 Å². The summed E-state index contributed by atoms with van der Waals surface area (Å²) in [5.41, 5.74) is 3.72. The van der Waals surface area contributed by atoms with Crippen LogP contribution in [0.3, 0.4) is 0 Å². The van der Waals surface area contributed by atoms with Crippen LogP contribution < -0.4 is 10.7 Å². The molecule has 1 atom stereocenters. The van der Waals surface area contributed by atoms with E-state index in [9.17, 15) is 10.1 Å². The molecule has 0 radical (unpaired) electrons. The largest absolute Gasteiger partial charge is 0.376 e. The standard InChI is InChI=1S/C14H17ClN4O3S/c1-9(10-4-5-12(15)13(7-10)19(20)21)17-18-14(23)16-8-11-3-2-6-22-11/h4-5,7,11H,2-3,6,8H2,1H3,(H2,16,18,23)/b17-9+. The third-order valence-electron chi connectivity index (χ3n) is 3.40. The summed E-state index contributed by atoms with van der Waals surface area (Å²) in [5, 5.41) is 18.5. The molecule has 0 spiro atoms. The van der Waals surface area contributed by atoms with E-state index >= 15 is 0 Å². The molecule has 0 aliphatic carbocycles. The molecular formula is C14H17ClN4O3S. The lowest BCUT2D eigenvalue weighted by Gasteiger charge is -2.12. The van der Waals surface area contributed by atoms with Gasteiger partial charge in [0, 0.05) is 24.8 Å². The van der Waals surface area contributed by atoms with Gasteiger partial charge in [-0.05, 0) is 38.0 Å². The van der Waals surface area contributed by atoms with E-state index in [0.717, 1.165) is 19.4 Å². The quantitative estimate of drug-likeness (QED) is 0.365. The summed E-state index contributed by atoms with van der Waals surface area (Å²) in [6.45, 7) is 3.15. The molecule has 0 saturated carbocycles. The number of nitrogens with one attached hydrogen (secondary N) is 2. The molecule has 9 heteroatoms. The van der Waals surface area contributed by atoms with Crippen LogP contribution in [0.25, 0.3) is 0 Å². The zero-order valence-electron chi connectivity index (χ0n) is 12.5. The lowest BCUT2D eigenvalue weighted by atomic mass is 10.1. The molecule has 23 heavy (non-hydrogen) atoms. The van der Waals surface area contributed by atoms with Gasteiger partial charge in [0.1, 0.15) is 5.02 Å². The Kier molecular flexibility index (Phi) is 6.26. The molecule has 1 fully saturated rings. The van der Waals surface area contributed by atoms with Crippen LogP contribution in [0.4, 0.5) is 5.69 Å². The second-order valence-electron chi connectivity index (χ2n) is 5.08. The Hall–Kier alpha value is -1.77. The minimum absolute atomic E-state index is 0.0910. The van der Waals surface area contributed by atoms with Gasteiger partial charge in [-0.3, -0.25) is 15.5 Å². The molecule has 1 aliphatic rings. The summed E-state index contributed by atoms with van der Waals surface area (Å²) < 4.78 is 5.48. The monoisotopic (exact) mass is 356 g/mol. The van der Waals surface area contributed by atoms with Crippen LogP contribution in [0, 0.1) is 10.1 Å². The lowest BCUT2D eigenvalue weighted by Crippen LogP contribution is -2.37. The van der Waals surface area contributed by atoms with Gasteiger partial charge in [0.2, 0.25) is 0 Å². The van der Waals surface area contributed by atoms with Gasteiger partial charge in [0.25, 0.3) is 5.69 Å². The number of rotatable bonds is 5. The predicted molar refractivity (Wildman–Crippen MR) is 93.0 cm³/mol. The summed E-state index contributed by atoms with van der Waals surface area (Å²) >= 11 is 10.9. The van der Waals surface area contributed by atoms with Gasteiger partial charge in [0.15, 0.2) is 5.11 Å². The molecule has 124 valence electrons. The Bertz CT molecular complexity index is 632. The van der Waals surface area contributed by atoms with Gasteiger partial charge in [-0.15, -0.1) is 0 Å². The smallest absolute Gasteiger partial charge is 0.288 e. The Balaban J connectivity index is 1.92. The number of nitrogens with zero attached hydrogens (tertiary/aromatic N) is 2. The van der Waals surface area contributed by atoms with Crippen molar-refractivity contribution in [1.29, 1.82) is 0 Å². The average Bonchev–Trinajstić information content (AvgIpc) is 3.04. The van der Waals surface area contributed by atoms with Crippen molar-refractivity contribution in [3.63, 3.8) is 0 Å². The Labute approximate surface area is 144 Å². The van der Waals surface area contributed by atoms with Crippen molar-refractivity contribution >= 4 is 40.3 Å². The van der Waals surface area contributed by atoms with E-state index in [0.29, 0.717) is 22.9 Å². The Morgan fingerprint density at radius 3 is 3.04 bits per heavy atom. The molecule has 7 nitrogen and oxygen atoms in total. The minimum Gasteiger partial charge on any atom is -0.376 e. The molecule has 0 amide bonds. The third kappa shape index (κ3) is 5.12. The molecule has 1 unspecified atom stereocenters. The van der Waals surface area contributed by atoms with Crippen LogP contribution in [0.1, 0.15) is 25.3 Å². The average molecular weight is 357 g/mol. The van der Waals surface area contributed by atoms with Gasteiger partial charge in [-0.1, -0.05) is 17.7 Å². The van der Waals surface area contributed by atoms with E-state index < -0.39 is 4.92 Å². The van der Waals surface area contributed by atoms with E-state index in [1.807, 2.05) is 0 Å². The van der Waals surface area contributed by atoms with Crippen molar-refractivity contribution in [3.05, 3.63) is 38.9 Å². The first kappa shape index (κ1) is 17.6. The predicted octanol–water partition coefficient (Wildman–Crippen LogP) is 2.62. The van der Waals surface area contributed by atoms with Crippen LogP contribution in [-0.2, 0) is 4.74 Å². The summed E-state index contributed by atoms with van der Waals surface area (Å²) in [4.78, 5) is 10.4. The Morgan fingerprint density at radius 2 is 2.39 bits per heavy atom. The maximum atomic E-state index is 10.9. The molecule has 0 bridgehead atoms. The fraction of sp³-hybridized carbons (Fsp3) is 0.429. The van der Waals surface area contributed by atoms with Crippen LogP contribution in [0.2, 0.25) is 5.02 Å². The molecule has 0 aromatic heterocycles. The lowest BCUT2D eigenvalue weighted by molar-refractivity contribution is -0.384. The fourth-order valence-corrected chi connectivity index (χ4v) is 2.44. The molecular weight excluding hydrogens is 340 g/mol.